The van der Waals surface area contributed by atoms with Crippen LogP contribution in [0.25, 0.3) is 22.6 Å². The number of hydrogen-bond acceptors (Lipinski definition) is 7. The van der Waals surface area contributed by atoms with Gasteiger partial charge < -0.3 is 9.30 Å². The summed E-state index contributed by atoms with van der Waals surface area (Å²) in [5.74, 6) is 0.0329. The van der Waals surface area contributed by atoms with Crippen molar-refractivity contribution in [3.8, 4) is 23.3 Å². The molecule has 12 heteroatoms. The summed E-state index contributed by atoms with van der Waals surface area (Å²) in [4.78, 5) is 11.8. The standard InChI is InChI=1S/C20H18F3N5O3S/c1-3-32(29,30)16-6-13(31-12-4-11(5-12)8-24)9-26-18(16)19-27-14-7-17(20(21,22)23)25-10-15(14)28(19)2/h6-7,9-12H,3-5H2,1-2H3/t11-,12+. The SMILES string of the molecule is CCS(=O)(=O)c1cc(O[C@H]2C[C@@H](C#N)C2)cnc1-c1nc2cc(C(F)(F)F)ncc2n1C. The third-order valence-electron chi connectivity index (χ3n) is 5.39. The smallest absolute Gasteiger partial charge is 0.433 e. The molecule has 0 bridgehead atoms. The number of aryl methyl sites for hydroxylation is 1. The Bertz CT molecular complexity index is 1340. The van der Waals surface area contributed by atoms with E-state index in [0.29, 0.717) is 18.4 Å². The van der Waals surface area contributed by atoms with Gasteiger partial charge in [-0.1, -0.05) is 6.92 Å². The number of hydrogen-bond donors (Lipinski definition) is 0. The predicted molar refractivity (Wildman–Crippen MR) is 107 cm³/mol. The minimum atomic E-state index is -4.63. The maximum absolute atomic E-state index is 13.0. The van der Waals surface area contributed by atoms with Gasteiger partial charge in [-0.2, -0.15) is 18.4 Å². The highest BCUT2D eigenvalue weighted by Crippen LogP contribution is 2.35. The Balaban J connectivity index is 1.79. The van der Waals surface area contributed by atoms with Crippen molar-refractivity contribution >= 4 is 20.9 Å². The fourth-order valence-corrected chi connectivity index (χ4v) is 4.51. The van der Waals surface area contributed by atoms with E-state index in [4.69, 9.17) is 10.00 Å². The van der Waals surface area contributed by atoms with Gasteiger partial charge >= 0.3 is 6.18 Å². The molecule has 1 aliphatic carbocycles. The Morgan fingerprint density at radius 3 is 2.59 bits per heavy atom. The molecule has 4 rings (SSSR count). The van der Waals surface area contributed by atoms with Crippen molar-refractivity contribution in [1.82, 2.24) is 19.5 Å². The molecule has 8 nitrogen and oxygen atoms in total. The molecular weight excluding hydrogens is 447 g/mol. The number of sulfone groups is 1. The number of alkyl halides is 3. The molecule has 3 aromatic rings. The second kappa shape index (κ2) is 7.74. The van der Waals surface area contributed by atoms with E-state index in [1.54, 1.807) is 7.05 Å². The van der Waals surface area contributed by atoms with Gasteiger partial charge in [0, 0.05) is 26.0 Å². The Kier molecular flexibility index (Phi) is 5.32. The maximum atomic E-state index is 13.0. The van der Waals surface area contributed by atoms with Crippen LogP contribution < -0.4 is 4.74 Å². The lowest BCUT2D eigenvalue weighted by Crippen LogP contribution is -2.32. The van der Waals surface area contributed by atoms with Crippen LogP contribution in [-0.2, 0) is 23.1 Å². The number of aromatic nitrogens is 4. The van der Waals surface area contributed by atoms with Crippen molar-refractivity contribution < 1.29 is 26.3 Å². The van der Waals surface area contributed by atoms with E-state index in [9.17, 15) is 21.6 Å². The van der Waals surface area contributed by atoms with Crippen molar-refractivity contribution in [2.45, 2.75) is 36.9 Å². The molecule has 0 N–H and O–H groups in total. The lowest BCUT2D eigenvalue weighted by molar-refractivity contribution is -0.141. The zero-order chi connectivity index (χ0) is 23.3. The van der Waals surface area contributed by atoms with E-state index in [-0.39, 0.29) is 45.5 Å². The lowest BCUT2D eigenvalue weighted by atomic mass is 9.83. The van der Waals surface area contributed by atoms with E-state index in [1.807, 2.05) is 0 Å². The van der Waals surface area contributed by atoms with E-state index < -0.39 is 21.7 Å². The Morgan fingerprint density at radius 1 is 1.25 bits per heavy atom. The van der Waals surface area contributed by atoms with Gasteiger partial charge in [-0.25, -0.2) is 23.4 Å². The van der Waals surface area contributed by atoms with E-state index >= 15 is 0 Å². The molecule has 32 heavy (non-hydrogen) atoms. The summed E-state index contributed by atoms with van der Waals surface area (Å²) in [6.07, 6.45) is -1.34. The second-order valence-corrected chi connectivity index (χ2v) is 9.76. The normalized spacial score (nSPS) is 18.9. The van der Waals surface area contributed by atoms with E-state index in [2.05, 4.69) is 21.0 Å². The van der Waals surface area contributed by atoms with Crippen molar-refractivity contribution in [3.63, 3.8) is 0 Å². The van der Waals surface area contributed by atoms with E-state index in [0.717, 1.165) is 12.3 Å². The van der Waals surface area contributed by atoms with Crippen LogP contribution in [-0.4, -0.2) is 39.8 Å². The molecule has 3 heterocycles. The fraction of sp³-hybridized carbons (Fsp3) is 0.400. The van der Waals surface area contributed by atoms with Gasteiger partial charge in [0.2, 0.25) is 0 Å². The average molecular weight is 465 g/mol. The number of pyridine rings is 2. The van der Waals surface area contributed by atoms with Crippen molar-refractivity contribution in [3.05, 3.63) is 30.2 Å². The monoisotopic (exact) mass is 465 g/mol. The van der Waals surface area contributed by atoms with Crippen LogP contribution in [0.2, 0.25) is 0 Å². The molecule has 0 aromatic carbocycles. The van der Waals surface area contributed by atoms with Crippen molar-refractivity contribution in [2.24, 2.45) is 13.0 Å². The molecule has 168 valence electrons. The highest BCUT2D eigenvalue weighted by molar-refractivity contribution is 7.91. The van der Waals surface area contributed by atoms with E-state index in [1.165, 1.54) is 23.8 Å². The van der Waals surface area contributed by atoms with Crippen LogP contribution in [0.1, 0.15) is 25.5 Å². The molecular formula is C20H18F3N5O3S. The van der Waals surface area contributed by atoms with Crippen LogP contribution in [0.4, 0.5) is 13.2 Å². The molecule has 0 radical (unpaired) electrons. The first-order valence-corrected chi connectivity index (χ1v) is 11.4. The molecule has 0 spiro atoms. The van der Waals surface area contributed by atoms with Gasteiger partial charge in [-0.15, -0.1) is 0 Å². The minimum absolute atomic E-state index is 0.00923. The molecule has 0 saturated heterocycles. The summed E-state index contributed by atoms with van der Waals surface area (Å²) >= 11 is 0. The van der Waals surface area contributed by atoms with Crippen LogP contribution in [0, 0.1) is 17.2 Å². The first-order valence-electron chi connectivity index (χ1n) is 9.72. The third-order valence-corrected chi connectivity index (χ3v) is 7.13. The van der Waals surface area contributed by atoms with Crippen LogP contribution >= 0.6 is 0 Å². The van der Waals surface area contributed by atoms with Gasteiger partial charge in [0.1, 0.15) is 28.1 Å². The van der Waals surface area contributed by atoms with Crippen LogP contribution in [0.15, 0.2) is 29.4 Å². The lowest BCUT2D eigenvalue weighted by Gasteiger charge is -2.30. The highest BCUT2D eigenvalue weighted by Gasteiger charge is 2.34. The molecule has 1 saturated carbocycles. The molecule has 1 fully saturated rings. The molecule has 3 aromatic heterocycles. The topological polar surface area (TPSA) is 111 Å². The van der Waals surface area contributed by atoms with Crippen LogP contribution in [0.3, 0.4) is 0 Å². The maximum Gasteiger partial charge on any atom is 0.433 e. The summed E-state index contributed by atoms with van der Waals surface area (Å²) in [5, 5.41) is 8.89. The van der Waals surface area contributed by atoms with Gasteiger partial charge in [-0.3, -0.25) is 0 Å². The zero-order valence-electron chi connectivity index (χ0n) is 17.1. The molecule has 0 atom stereocenters. The predicted octanol–water partition coefficient (Wildman–Crippen LogP) is 3.52. The summed E-state index contributed by atoms with van der Waals surface area (Å²) in [7, 11) is -2.22. The summed E-state index contributed by atoms with van der Waals surface area (Å²) in [6, 6.07) is 4.31. The fourth-order valence-electron chi connectivity index (χ4n) is 3.47. The summed E-state index contributed by atoms with van der Waals surface area (Å²) in [6.45, 7) is 1.48. The van der Waals surface area contributed by atoms with Gasteiger partial charge in [0.05, 0.1) is 41.2 Å². The molecule has 0 amide bonds. The van der Waals surface area contributed by atoms with Gasteiger partial charge in [0.15, 0.2) is 15.7 Å². The summed E-state index contributed by atoms with van der Waals surface area (Å²) < 4.78 is 71.8. The number of fused-ring (bicyclic) bond motifs is 1. The highest BCUT2D eigenvalue weighted by atomic mass is 32.2. The van der Waals surface area contributed by atoms with Crippen molar-refractivity contribution in [2.75, 3.05) is 5.75 Å². The summed E-state index contributed by atoms with van der Waals surface area (Å²) in [5.41, 5.74) is -0.769. The van der Waals surface area contributed by atoms with Gasteiger partial charge in [-0.05, 0) is 6.07 Å². The first kappa shape index (κ1) is 22.0. The van der Waals surface area contributed by atoms with Crippen LogP contribution in [0.5, 0.6) is 5.75 Å². The molecule has 0 aliphatic heterocycles. The molecule has 1 aliphatic rings. The number of imidazole rings is 1. The largest absolute Gasteiger partial charge is 0.489 e. The van der Waals surface area contributed by atoms with Crippen molar-refractivity contribution in [1.29, 1.82) is 5.26 Å². The second-order valence-electron chi connectivity index (χ2n) is 7.51. The molecule has 0 unspecified atom stereocenters. The average Bonchev–Trinajstić information content (AvgIpc) is 3.05. The van der Waals surface area contributed by atoms with Gasteiger partial charge in [0.25, 0.3) is 0 Å². The number of nitriles is 1. The number of nitrogens with zero attached hydrogens (tertiary/aromatic N) is 5. The number of halogens is 3. The number of rotatable bonds is 5. The quantitative estimate of drug-likeness (QED) is 0.567. The Labute approximate surface area is 181 Å². The zero-order valence-corrected chi connectivity index (χ0v) is 17.9. The first-order chi connectivity index (χ1) is 15.0. The third kappa shape index (κ3) is 3.88. The Hall–Kier alpha value is -3.20. The minimum Gasteiger partial charge on any atom is -0.489 e. The number of ether oxygens (including phenoxy) is 1. The Morgan fingerprint density at radius 2 is 1.97 bits per heavy atom.